The molecule has 0 aliphatic rings. The highest BCUT2D eigenvalue weighted by Gasteiger charge is 2.33. The molecule has 11 heteroatoms. The van der Waals surface area contributed by atoms with Crippen LogP contribution in [0.2, 0.25) is 0 Å². The normalized spacial score (nSPS) is 14.0. The molecule has 0 bridgehead atoms. The molecule has 0 aliphatic heterocycles. The molecule has 1 unspecified atom stereocenters. The molecule has 0 saturated carbocycles. The molecule has 6 rings (SSSR count). The Kier molecular flexibility index (Phi) is 3.89. The zero-order chi connectivity index (χ0) is 22.0. The van der Waals surface area contributed by atoms with Crippen molar-refractivity contribution in [1.29, 1.82) is 0 Å². The van der Waals surface area contributed by atoms with Crippen LogP contribution in [0.1, 0.15) is 23.2 Å². The van der Waals surface area contributed by atoms with Gasteiger partial charge in [0.2, 0.25) is 0 Å². The Balaban J connectivity index is 1.48. The fourth-order valence-electron chi connectivity index (χ4n) is 4.08. The summed E-state index contributed by atoms with van der Waals surface area (Å²) in [5.41, 5.74) is 1.96. The predicted molar refractivity (Wildman–Crippen MR) is 121 cm³/mol. The van der Waals surface area contributed by atoms with Crippen LogP contribution >= 0.6 is 11.3 Å². The second kappa shape index (κ2) is 6.58. The Labute approximate surface area is 184 Å². The minimum Gasteiger partial charge on any atom is -0.376 e. The molecule has 5 aromatic heterocycles. The van der Waals surface area contributed by atoms with Gasteiger partial charge >= 0.3 is 0 Å². The molecule has 3 N–H and O–H groups in total. The summed E-state index contributed by atoms with van der Waals surface area (Å²) in [6, 6.07) is 7.54. The number of aryl methyl sites for hydroxylation is 1. The summed E-state index contributed by atoms with van der Waals surface area (Å²) < 4.78 is 4.03. The lowest BCUT2D eigenvalue weighted by atomic mass is 10.0. The topological polar surface area (TPSA) is 130 Å². The van der Waals surface area contributed by atoms with Crippen molar-refractivity contribution >= 4 is 43.5 Å². The van der Waals surface area contributed by atoms with Crippen LogP contribution in [-0.4, -0.2) is 44.8 Å². The molecule has 5 heterocycles. The smallest absolute Gasteiger partial charge is 0.291 e. The van der Waals surface area contributed by atoms with E-state index in [4.69, 9.17) is 0 Å². The molecule has 6 aromatic rings. The number of hydrogen-bond acceptors (Lipinski definition) is 7. The maximum atomic E-state index is 13.3. The van der Waals surface area contributed by atoms with Gasteiger partial charge < -0.3 is 9.67 Å². The van der Waals surface area contributed by atoms with Gasteiger partial charge in [0.15, 0.2) is 11.2 Å². The summed E-state index contributed by atoms with van der Waals surface area (Å²) >= 11 is 1.34. The molecule has 0 radical (unpaired) electrons. The first-order valence-corrected chi connectivity index (χ1v) is 10.8. The maximum Gasteiger partial charge on any atom is 0.291 e. The number of hydrogen-bond donors (Lipinski definition) is 3. The molecule has 0 spiro atoms. The average molecular weight is 446 g/mol. The molecule has 0 amide bonds. The molecule has 1 aromatic carbocycles. The molecular formula is C21H18N8O2S. The van der Waals surface area contributed by atoms with Gasteiger partial charge in [-0.25, -0.2) is 9.67 Å². The minimum absolute atomic E-state index is 0.198. The van der Waals surface area contributed by atoms with Gasteiger partial charge in [-0.3, -0.25) is 15.0 Å². The molecule has 0 saturated heterocycles. The maximum absolute atomic E-state index is 13.3. The lowest BCUT2D eigenvalue weighted by molar-refractivity contribution is 0.0971. The van der Waals surface area contributed by atoms with Gasteiger partial charge in [-0.2, -0.15) is 15.3 Å². The number of rotatable bonds is 4. The second-order valence-electron chi connectivity index (χ2n) is 7.88. The zero-order valence-corrected chi connectivity index (χ0v) is 18.0. The molecule has 1 atom stereocenters. The number of H-pyrrole nitrogens is 2. The van der Waals surface area contributed by atoms with Crippen molar-refractivity contribution in [2.75, 3.05) is 0 Å². The summed E-state index contributed by atoms with van der Waals surface area (Å²) in [5, 5.41) is 31.5. The SMILES string of the molecule is Cn1c2nc(C(C)(O)c3cc[nH]n3)sc2c2cnn(Cc3cccc4[nH]ncc34)c(=O)c21. The van der Waals surface area contributed by atoms with Gasteiger partial charge in [0.1, 0.15) is 16.2 Å². The molecule has 10 nitrogen and oxygen atoms in total. The van der Waals surface area contributed by atoms with E-state index in [0.717, 1.165) is 21.2 Å². The van der Waals surface area contributed by atoms with E-state index in [1.807, 2.05) is 18.2 Å². The minimum atomic E-state index is -1.35. The number of aromatic amines is 2. The van der Waals surface area contributed by atoms with Crippen molar-refractivity contribution in [1.82, 2.24) is 39.7 Å². The average Bonchev–Trinajstić information content (AvgIpc) is 3.56. The van der Waals surface area contributed by atoms with E-state index in [9.17, 15) is 9.90 Å². The third-order valence-corrected chi connectivity index (χ3v) is 7.13. The zero-order valence-electron chi connectivity index (χ0n) is 17.2. The first kappa shape index (κ1) is 18.9. The monoisotopic (exact) mass is 446 g/mol. The number of aliphatic hydroxyl groups is 1. The molecule has 32 heavy (non-hydrogen) atoms. The Morgan fingerprint density at radius 3 is 2.91 bits per heavy atom. The summed E-state index contributed by atoms with van der Waals surface area (Å²) in [4.78, 5) is 18.0. The molecular weight excluding hydrogens is 428 g/mol. The van der Waals surface area contributed by atoms with E-state index < -0.39 is 5.60 Å². The molecule has 0 aliphatic carbocycles. The van der Waals surface area contributed by atoms with Crippen LogP contribution in [-0.2, 0) is 19.2 Å². The van der Waals surface area contributed by atoms with E-state index in [2.05, 4.69) is 30.5 Å². The van der Waals surface area contributed by atoms with Gasteiger partial charge in [-0.05, 0) is 24.6 Å². The third kappa shape index (κ3) is 2.58. The van der Waals surface area contributed by atoms with E-state index in [0.29, 0.717) is 33.8 Å². The first-order valence-electron chi connectivity index (χ1n) is 9.94. The lowest BCUT2D eigenvalue weighted by Gasteiger charge is -2.17. The van der Waals surface area contributed by atoms with Crippen molar-refractivity contribution in [3.63, 3.8) is 0 Å². The van der Waals surface area contributed by atoms with Gasteiger partial charge in [0, 0.05) is 24.0 Å². The van der Waals surface area contributed by atoms with E-state index in [-0.39, 0.29) is 5.56 Å². The Hall–Kier alpha value is -3.83. The van der Waals surface area contributed by atoms with Crippen molar-refractivity contribution in [3.8, 4) is 0 Å². The van der Waals surface area contributed by atoms with Crippen LogP contribution in [0.15, 0.2) is 47.7 Å². The van der Waals surface area contributed by atoms with E-state index in [1.165, 1.54) is 16.0 Å². The largest absolute Gasteiger partial charge is 0.376 e. The summed E-state index contributed by atoms with van der Waals surface area (Å²) in [6.45, 7) is 1.99. The number of fused-ring (bicyclic) bond motifs is 4. The van der Waals surface area contributed by atoms with Crippen LogP contribution in [0.3, 0.4) is 0 Å². The fourth-order valence-corrected chi connectivity index (χ4v) is 5.24. The molecule has 0 fully saturated rings. The Morgan fingerprint density at radius 2 is 2.09 bits per heavy atom. The van der Waals surface area contributed by atoms with Gasteiger partial charge in [-0.15, -0.1) is 11.3 Å². The van der Waals surface area contributed by atoms with E-state index >= 15 is 0 Å². The summed E-state index contributed by atoms with van der Waals surface area (Å²) in [6.07, 6.45) is 5.10. The van der Waals surface area contributed by atoms with Crippen molar-refractivity contribution < 1.29 is 5.11 Å². The first-order chi connectivity index (χ1) is 15.4. The van der Waals surface area contributed by atoms with Crippen LogP contribution in [0, 0.1) is 0 Å². The number of benzene rings is 1. The van der Waals surface area contributed by atoms with Crippen molar-refractivity contribution in [2.24, 2.45) is 7.05 Å². The highest BCUT2D eigenvalue weighted by molar-refractivity contribution is 7.19. The van der Waals surface area contributed by atoms with Crippen LogP contribution in [0.25, 0.3) is 32.2 Å². The number of nitrogens with zero attached hydrogens (tertiary/aromatic N) is 6. The number of nitrogens with one attached hydrogen (secondary N) is 2. The number of aromatic nitrogens is 8. The quantitative estimate of drug-likeness (QED) is 0.381. The van der Waals surface area contributed by atoms with Crippen LogP contribution in [0.4, 0.5) is 0 Å². The predicted octanol–water partition coefficient (Wildman–Crippen LogP) is 2.25. The number of thiazole rings is 1. The van der Waals surface area contributed by atoms with Crippen LogP contribution < -0.4 is 5.56 Å². The highest BCUT2D eigenvalue weighted by Crippen LogP contribution is 2.37. The second-order valence-corrected chi connectivity index (χ2v) is 8.88. The van der Waals surface area contributed by atoms with Crippen molar-refractivity contribution in [2.45, 2.75) is 19.1 Å². The summed E-state index contributed by atoms with van der Waals surface area (Å²) in [5.74, 6) is 0. The Bertz CT molecular complexity index is 1670. The standard InChI is InChI=1S/C21H18N8O2S/c1-21(31,15-6-7-22-27-15)20-25-18-17(32-20)13-9-24-29(19(30)16(13)28(18)2)10-11-4-3-5-14-12(11)8-23-26-14/h3-9,31H,10H2,1-2H3,(H,22,27)(H,23,26). The van der Waals surface area contributed by atoms with E-state index in [1.54, 1.807) is 43.2 Å². The van der Waals surface area contributed by atoms with Gasteiger partial charge in [0.05, 0.1) is 29.2 Å². The summed E-state index contributed by atoms with van der Waals surface area (Å²) in [7, 11) is 1.81. The van der Waals surface area contributed by atoms with Crippen LogP contribution in [0.5, 0.6) is 0 Å². The third-order valence-electron chi connectivity index (χ3n) is 5.84. The molecule has 160 valence electrons. The fraction of sp³-hybridized carbons (Fsp3) is 0.190. The van der Waals surface area contributed by atoms with Gasteiger partial charge in [-0.1, -0.05) is 12.1 Å². The Morgan fingerprint density at radius 1 is 1.22 bits per heavy atom. The van der Waals surface area contributed by atoms with Gasteiger partial charge in [0.25, 0.3) is 5.56 Å². The highest BCUT2D eigenvalue weighted by atomic mass is 32.1. The lowest BCUT2D eigenvalue weighted by Crippen LogP contribution is -2.25. The van der Waals surface area contributed by atoms with Crippen molar-refractivity contribution in [3.05, 3.63) is 69.5 Å².